The van der Waals surface area contributed by atoms with Gasteiger partial charge in [-0.1, -0.05) is 30.3 Å². The predicted molar refractivity (Wildman–Crippen MR) is 89.8 cm³/mol. The Kier molecular flexibility index (Phi) is 5.25. The summed E-state index contributed by atoms with van der Waals surface area (Å²) in [4.78, 5) is 26.1. The van der Waals surface area contributed by atoms with Crippen molar-refractivity contribution in [2.75, 3.05) is 13.1 Å². The van der Waals surface area contributed by atoms with Crippen LogP contribution in [0.1, 0.15) is 18.4 Å². The van der Waals surface area contributed by atoms with E-state index in [1.807, 2.05) is 47.3 Å². The van der Waals surface area contributed by atoms with Crippen molar-refractivity contribution in [3.63, 3.8) is 0 Å². The minimum atomic E-state index is -0.245. The number of nitrogens with zero attached hydrogens (tertiary/aromatic N) is 3. The molecule has 1 unspecified atom stereocenters. The molecule has 2 heterocycles. The third-order valence-corrected chi connectivity index (χ3v) is 4.22. The van der Waals surface area contributed by atoms with Crippen LogP contribution in [0.15, 0.2) is 48.8 Å². The van der Waals surface area contributed by atoms with Gasteiger partial charge in [0.2, 0.25) is 11.8 Å². The maximum absolute atomic E-state index is 12.2. The van der Waals surface area contributed by atoms with Crippen LogP contribution in [0.2, 0.25) is 0 Å². The van der Waals surface area contributed by atoms with Gasteiger partial charge in [0, 0.05) is 45.0 Å². The lowest BCUT2D eigenvalue weighted by Gasteiger charge is -2.16. The molecule has 0 bridgehead atoms. The Hall–Kier alpha value is -2.63. The summed E-state index contributed by atoms with van der Waals surface area (Å²) in [6.45, 7) is 2.44. The number of nitrogens with one attached hydrogen (secondary N) is 1. The number of aromatic nitrogens is 2. The van der Waals surface area contributed by atoms with Gasteiger partial charge in [-0.3, -0.25) is 14.3 Å². The van der Waals surface area contributed by atoms with Gasteiger partial charge in [0.25, 0.3) is 0 Å². The van der Waals surface area contributed by atoms with E-state index in [-0.39, 0.29) is 17.7 Å². The Morgan fingerprint density at radius 3 is 2.83 bits per heavy atom. The van der Waals surface area contributed by atoms with E-state index in [0.717, 1.165) is 18.5 Å². The molecule has 1 N–H and O–H groups in total. The fourth-order valence-corrected chi connectivity index (χ4v) is 2.93. The first kappa shape index (κ1) is 16.2. The van der Waals surface area contributed by atoms with Gasteiger partial charge in [0.15, 0.2) is 0 Å². The van der Waals surface area contributed by atoms with Crippen LogP contribution in [0.3, 0.4) is 0 Å². The van der Waals surface area contributed by atoms with Gasteiger partial charge >= 0.3 is 0 Å². The van der Waals surface area contributed by atoms with E-state index < -0.39 is 0 Å². The Labute approximate surface area is 141 Å². The Morgan fingerprint density at radius 2 is 2.08 bits per heavy atom. The maximum Gasteiger partial charge on any atom is 0.225 e. The Bertz CT molecular complexity index is 670. The van der Waals surface area contributed by atoms with Gasteiger partial charge < -0.3 is 10.2 Å². The fraction of sp³-hybridized carbons (Fsp3) is 0.389. The third-order valence-electron chi connectivity index (χ3n) is 4.22. The van der Waals surface area contributed by atoms with Crippen molar-refractivity contribution in [3.05, 3.63) is 54.4 Å². The summed E-state index contributed by atoms with van der Waals surface area (Å²) in [5.74, 6) is -0.221. The minimum Gasteiger partial charge on any atom is -0.356 e. The number of aryl methyl sites for hydroxylation is 1. The summed E-state index contributed by atoms with van der Waals surface area (Å²) in [5, 5.41) is 7.06. The molecule has 1 fully saturated rings. The topological polar surface area (TPSA) is 67.2 Å². The molecule has 3 rings (SSSR count). The lowest BCUT2D eigenvalue weighted by Crippen LogP contribution is -2.33. The molecule has 24 heavy (non-hydrogen) atoms. The Balaban J connectivity index is 1.42. The molecule has 6 nitrogen and oxygen atoms in total. The minimum absolute atomic E-state index is 0.0284. The number of likely N-dealkylation sites (tertiary alicyclic amines) is 1. The van der Waals surface area contributed by atoms with Crippen molar-refractivity contribution in [1.82, 2.24) is 20.0 Å². The van der Waals surface area contributed by atoms with Crippen LogP contribution in [0.5, 0.6) is 0 Å². The van der Waals surface area contributed by atoms with Gasteiger partial charge in [-0.2, -0.15) is 5.10 Å². The number of rotatable bonds is 7. The van der Waals surface area contributed by atoms with Crippen LogP contribution in [0, 0.1) is 5.92 Å². The zero-order valence-electron chi connectivity index (χ0n) is 13.6. The monoisotopic (exact) mass is 326 g/mol. The van der Waals surface area contributed by atoms with Gasteiger partial charge in [-0.05, 0) is 18.1 Å². The highest BCUT2D eigenvalue weighted by atomic mass is 16.2. The van der Waals surface area contributed by atoms with Crippen LogP contribution in [-0.2, 0) is 22.7 Å². The van der Waals surface area contributed by atoms with Crippen molar-refractivity contribution in [2.45, 2.75) is 25.9 Å². The average molecular weight is 326 g/mol. The largest absolute Gasteiger partial charge is 0.356 e. The Morgan fingerprint density at radius 1 is 1.25 bits per heavy atom. The maximum atomic E-state index is 12.2. The summed E-state index contributed by atoms with van der Waals surface area (Å²) >= 11 is 0. The molecule has 1 aromatic heterocycles. The highest BCUT2D eigenvalue weighted by molar-refractivity contribution is 5.89. The van der Waals surface area contributed by atoms with Crippen molar-refractivity contribution in [3.8, 4) is 0 Å². The van der Waals surface area contributed by atoms with Gasteiger partial charge in [0.1, 0.15) is 0 Å². The first-order valence-corrected chi connectivity index (χ1v) is 8.29. The molecule has 1 atom stereocenters. The number of amides is 2. The number of carbonyl (C=O) groups excluding carboxylic acids is 2. The van der Waals surface area contributed by atoms with E-state index >= 15 is 0 Å². The standard InChI is InChI=1S/C18H22N4O2/c23-17-12-16(14-21(17)13-15-6-2-1-3-7-15)18(24)19-8-4-10-22-11-5-9-20-22/h1-3,5-7,9,11,16H,4,8,10,12-14H2,(H,19,24). The molecule has 1 saturated heterocycles. The second kappa shape index (κ2) is 7.77. The first-order valence-electron chi connectivity index (χ1n) is 8.29. The SMILES string of the molecule is O=C(NCCCn1cccn1)C1CC(=O)N(Cc2ccccc2)C1. The molecule has 1 aliphatic rings. The number of hydrogen-bond donors (Lipinski definition) is 1. The highest BCUT2D eigenvalue weighted by Crippen LogP contribution is 2.20. The lowest BCUT2D eigenvalue weighted by atomic mass is 10.1. The summed E-state index contributed by atoms with van der Waals surface area (Å²) in [7, 11) is 0. The van der Waals surface area contributed by atoms with E-state index in [2.05, 4.69) is 10.4 Å². The third kappa shape index (κ3) is 4.22. The van der Waals surface area contributed by atoms with Crippen LogP contribution in [-0.4, -0.2) is 39.6 Å². The van der Waals surface area contributed by atoms with Crippen molar-refractivity contribution < 1.29 is 9.59 Å². The summed E-state index contributed by atoms with van der Waals surface area (Å²) in [6, 6.07) is 11.7. The molecule has 126 valence electrons. The van der Waals surface area contributed by atoms with E-state index in [9.17, 15) is 9.59 Å². The van der Waals surface area contributed by atoms with E-state index in [0.29, 0.717) is 26.1 Å². The zero-order chi connectivity index (χ0) is 16.8. The normalized spacial score (nSPS) is 17.2. The summed E-state index contributed by atoms with van der Waals surface area (Å²) < 4.78 is 1.84. The molecule has 2 aromatic rings. The zero-order valence-corrected chi connectivity index (χ0v) is 13.6. The molecule has 0 aliphatic carbocycles. The van der Waals surface area contributed by atoms with Gasteiger partial charge in [0.05, 0.1) is 5.92 Å². The molecular weight excluding hydrogens is 304 g/mol. The molecule has 1 aromatic carbocycles. The van der Waals surface area contributed by atoms with Gasteiger partial charge in [-0.25, -0.2) is 0 Å². The molecule has 0 spiro atoms. The summed E-state index contributed by atoms with van der Waals surface area (Å²) in [5.41, 5.74) is 1.09. The van der Waals surface area contributed by atoms with Crippen LogP contribution in [0.4, 0.5) is 0 Å². The number of hydrogen-bond acceptors (Lipinski definition) is 3. The number of carbonyl (C=O) groups is 2. The van der Waals surface area contributed by atoms with E-state index in [1.54, 1.807) is 11.1 Å². The van der Waals surface area contributed by atoms with E-state index in [1.165, 1.54) is 0 Å². The second-order valence-corrected chi connectivity index (χ2v) is 6.07. The highest BCUT2D eigenvalue weighted by Gasteiger charge is 2.33. The van der Waals surface area contributed by atoms with E-state index in [4.69, 9.17) is 0 Å². The predicted octanol–water partition coefficient (Wildman–Crippen LogP) is 1.44. The van der Waals surface area contributed by atoms with Crippen molar-refractivity contribution >= 4 is 11.8 Å². The van der Waals surface area contributed by atoms with Crippen LogP contribution >= 0.6 is 0 Å². The molecular formula is C18H22N4O2. The average Bonchev–Trinajstić information content (AvgIpc) is 3.23. The molecule has 2 amide bonds. The molecule has 0 saturated carbocycles. The van der Waals surface area contributed by atoms with Crippen molar-refractivity contribution in [1.29, 1.82) is 0 Å². The lowest BCUT2D eigenvalue weighted by molar-refractivity contribution is -0.129. The molecule has 6 heteroatoms. The number of benzene rings is 1. The first-order chi connectivity index (χ1) is 11.7. The quantitative estimate of drug-likeness (QED) is 0.783. The van der Waals surface area contributed by atoms with Crippen LogP contribution in [0.25, 0.3) is 0 Å². The molecule has 1 aliphatic heterocycles. The smallest absolute Gasteiger partial charge is 0.225 e. The van der Waals surface area contributed by atoms with Crippen molar-refractivity contribution in [2.24, 2.45) is 5.92 Å². The summed E-state index contributed by atoms with van der Waals surface area (Å²) in [6.07, 6.45) is 4.77. The van der Waals surface area contributed by atoms with Gasteiger partial charge in [-0.15, -0.1) is 0 Å². The molecule has 0 radical (unpaired) electrons. The van der Waals surface area contributed by atoms with Crippen LogP contribution < -0.4 is 5.32 Å². The second-order valence-electron chi connectivity index (χ2n) is 6.07. The fourth-order valence-electron chi connectivity index (χ4n) is 2.93.